The van der Waals surface area contributed by atoms with E-state index in [1.165, 1.54) is 6.42 Å². The number of thioether (sulfide) groups is 1. The summed E-state index contributed by atoms with van der Waals surface area (Å²) in [6.07, 6.45) is 2.94. The summed E-state index contributed by atoms with van der Waals surface area (Å²) in [5.74, 6) is 2.79. The average molecular weight is 308 g/mol. The Morgan fingerprint density at radius 1 is 1.62 bits per heavy atom. The molecule has 2 rings (SSSR count). The van der Waals surface area contributed by atoms with Gasteiger partial charge in [0.05, 0.1) is 7.11 Å². The highest BCUT2D eigenvalue weighted by molar-refractivity contribution is 8.00. The van der Waals surface area contributed by atoms with E-state index in [1.807, 2.05) is 19.2 Å². The number of hydrogen-bond donors (Lipinski definition) is 1. The third-order valence-electron chi connectivity index (χ3n) is 3.59. The van der Waals surface area contributed by atoms with E-state index in [4.69, 9.17) is 4.74 Å². The monoisotopic (exact) mass is 308 g/mol. The summed E-state index contributed by atoms with van der Waals surface area (Å²) in [5.41, 5.74) is 1.04. The van der Waals surface area contributed by atoms with Crippen molar-refractivity contribution in [3.05, 3.63) is 23.9 Å². The SMILES string of the molecule is CCC1CN(C(=NC)NCc2cccnc2OC)CCS1. The van der Waals surface area contributed by atoms with E-state index in [-0.39, 0.29) is 0 Å². The van der Waals surface area contributed by atoms with Crippen LogP contribution in [-0.4, -0.2) is 54.1 Å². The van der Waals surface area contributed by atoms with E-state index in [1.54, 1.807) is 13.3 Å². The van der Waals surface area contributed by atoms with Crippen molar-refractivity contribution >= 4 is 17.7 Å². The Hall–Kier alpha value is -1.43. The summed E-state index contributed by atoms with van der Waals surface area (Å²) in [7, 11) is 3.49. The Morgan fingerprint density at radius 3 is 3.19 bits per heavy atom. The minimum absolute atomic E-state index is 0.668. The van der Waals surface area contributed by atoms with Gasteiger partial charge in [0.15, 0.2) is 5.96 Å². The Labute approximate surface area is 131 Å². The molecule has 0 aliphatic carbocycles. The molecule has 0 bridgehead atoms. The highest BCUT2D eigenvalue weighted by Crippen LogP contribution is 2.21. The van der Waals surface area contributed by atoms with Gasteiger partial charge in [0.1, 0.15) is 0 Å². The number of nitrogens with zero attached hydrogens (tertiary/aromatic N) is 3. The van der Waals surface area contributed by atoms with Gasteiger partial charge in [-0.05, 0) is 12.5 Å². The average Bonchev–Trinajstić information content (AvgIpc) is 2.56. The van der Waals surface area contributed by atoms with Crippen LogP contribution in [0.3, 0.4) is 0 Å². The van der Waals surface area contributed by atoms with Crippen LogP contribution in [0.4, 0.5) is 0 Å². The van der Waals surface area contributed by atoms with Gasteiger partial charge < -0.3 is 15.0 Å². The van der Waals surface area contributed by atoms with Crippen molar-refractivity contribution in [3.8, 4) is 5.88 Å². The van der Waals surface area contributed by atoms with Crippen LogP contribution >= 0.6 is 11.8 Å². The minimum atomic E-state index is 0.668. The van der Waals surface area contributed by atoms with Crippen LogP contribution in [0.25, 0.3) is 0 Å². The zero-order chi connectivity index (χ0) is 15.1. The lowest BCUT2D eigenvalue weighted by Crippen LogP contribution is -2.47. The normalized spacial score (nSPS) is 19.5. The topological polar surface area (TPSA) is 49.8 Å². The van der Waals surface area contributed by atoms with Crippen LogP contribution in [0.1, 0.15) is 18.9 Å². The van der Waals surface area contributed by atoms with Gasteiger partial charge in [0.2, 0.25) is 5.88 Å². The first-order valence-corrected chi connectivity index (χ1v) is 8.38. The molecule has 1 aliphatic heterocycles. The third kappa shape index (κ3) is 4.27. The van der Waals surface area contributed by atoms with Crippen molar-refractivity contribution < 1.29 is 4.74 Å². The third-order valence-corrected chi connectivity index (χ3v) is 4.96. The van der Waals surface area contributed by atoms with Gasteiger partial charge in [-0.15, -0.1) is 0 Å². The second kappa shape index (κ2) is 8.12. The minimum Gasteiger partial charge on any atom is -0.481 e. The second-order valence-electron chi connectivity index (χ2n) is 4.92. The zero-order valence-electron chi connectivity index (χ0n) is 13.0. The first-order valence-electron chi connectivity index (χ1n) is 7.33. The summed E-state index contributed by atoms with van der Waals surface area (Å²) < 4.78 is 5.28. The van der Waals surface area contributed by atoms with Crippen LogP contribution in [-0.2, 0) is 6.54 Å². The van der Waals surface area contributed by atoms with Gasteiger partial charge in [0, 0.05) is 49.4 Å². The molecule has 1 fully saturated rings. The molecular weight excluding hydrogens is 284 g/mol. The molecule has 2 heterocycles. The molecule has 1 aromatic rings. The van der Waals surface area contributed by atoms with Crippen LogP contribution < -0.4 is 10.1 Å². The molecule has 1 atom stereocenters. The molecule has 1 saturated heterocycles. The number of aromatic nitrogens is 1. The molecule has 6 heteroatoms. The lowest BCUT2D eigenvalue weighted by atomic mass is 10.2. The molecule has 1 aromatic heterocycles. The number of methoxy groups -OCH3 is 1. The first-order chi connectivity index (χ1) is 10.3. The molecule has 0 aromatic carbocycles. The maximum absolute atomic E-state index is 5.28. The summed E-state index contributed by atoms with van der Waals surface area (Å²) in [6, 6.07) is 3.94. The van der Waals surface area contributed by atoms with Crippen molar-refractivity contribution in [3.63, 3.8) is 0 Å². The molecule has 1 aliphatic rings. The van der Waals surface area contributed by atoms with Crippen LogP contribution in [0.2, 0.25) is 0 Å². The number of ether oxygens (including phenoxy) is 1. The predicted molar refractivity (Wildman–Crippen MR) is 89.1 cm³/mol. The van der Waals surface area contributed by atoms with Gasteiger partial charge in [-0.1, -0.05) is 13.0 Å². The number of rotatable bonds is 4. The second-order valence-corrected chi connectivity index (χ2v) is 6.33. The lowest BCUT2D eigenvalue weighted by molar-refractivity contribution is 0.388. The molecular formula is C15H24N4OS. The van der Waals surface area contributed by atoms with E-state index in [0.717, 1.165) is 30.4 Å². The van der Waals surface area contributed by atoms with Gasteiger partial charge in [-0.3, -0.25) is 4.99 Å². The van der Waals surface area contributed by atoms with Crippen molar-refractivity contribution in [1.82, 2.24) is 15.2 Å². The van der Waals surface area contributed by atoms with Crippen molar-refractivity contribution in [2.24, 2.45) is 4.99 Å². The number of aliphatic imine (C=N–C) groups is 1. The highest BCUT2D eigenvalue weighted by Gasteiger charge is 2.21. The fraction of sp³-hybridized carbons (Fsp3) is 0.600. The van der Waals surface area contributed by atoms with E-state index >= 15 is 0 Å². The smallest absolute Gasteiger partial charge is 0.218 e. The zero-order valence-corrected chi connectivity index (χ0v) is 13.8. The van der Waals surface area contributed by atoms with Crippen molar-refractivity contribution in [1.29, 1.82) is 0 Å². The predicted octanol–water partition coefficient (Wildman–Crippen LogP) is 1.99. The van der Waals surface area contributed by atoms with Crippen LogP contribution in [0.5, 0.6) is 5.88 Å². The van der Waals surface area contributed by atoms with Crippen molar-refractivity contribution in [2.75, 3.05) is 33.0 Å². The first kappa shape index (κ1) is 15.9. The molecule has 1 N–H and O–H groups in total. The standard InChI is InChI=1S/C15H24N4OS/c1-4-13-11-19(8-9-21-13)15(16-2)18-10-12-6-5-7-17-14(12)20-3/h5-7,13H,4,8-11H2,1-3H3,(H,16,18). The Balaban J connectivity index is 1.96. The fourth-order valence-electron chi connectivity index (χ4n) is 2.41. The van der Waals surface area contributed by atoms with Crippen LogP contribution in [0.15, 0.2) is 23.3 Å². The molecule has 0 spiro atoms. The molecule has 0 radical (unpaired) electrons. The summed E-state index contributed by atoms with van der Waals surface area (Å²) in [4.78, 5) is 11.0. The van der Waals surface area contributed by atoms with Crippen LogP contribution in [0, 0.1) is 0 Å². The van der Waals surface area contributed by atoms with E-state index < -0.39 is 0 Å². The number of hydrogen-bond acceptors (Lipinski definition) is 4. The van der Waals surface area contributed by atoms with E-state index in [9.17, 15) is 0 Å². The van der Waals surface area contributed by atoms with Crippen molar-refractivity contribution in [2.45, 2.75) is 25.1 Å². The van der Waals surface area contributed by atoms with Gasteiger partial charge >= 0.3 is 0 Å². The summed E-state index contributed by atoms with van der Waals surface area (Å²) >= 11 is 2.06. The van der Waals surface area contributed by atoms with Gasteiger partial charge in [-0.2, -0.15) is 11.8 Å². The fourth-order valence-corrected chi connectivity index (χ4v) is 3.59. The lowest BCUT2D eigenvalue weighted by Gasteiger charge is -2.34. The van der Waals surface area contributed by atoms with Gasteiger partial charge in [0.25, 0.3) is 0 Å². The number of guanidine groups is 1. The van der Waals surface area contributed by atoms with Gasteiger partial charge in [-0.25, -0.2) is 4.98 Å². The van der Waals surface area contributed by atoms with E-state index in [2.05, 4.69) is 38.9 Å². The molecule has 5 nitrogen and oxygen atoms in total. The Bertz CT molecular complexity index is 480. The quantitative estimate of drug-likeness (QED) is 0.681. The summed E-state index contributed by atoms with van der Waals surface area (Å²) in [5, 5.41) is 4.12. The van der Waals surface area contributed by atoms with E-state index in [0.29, 0.717) is 17.7 Å². The Kier molecular flexibility index (Phi) is 6.17. The Morgan fingerprint density at radius 2 is 2.48 bits per heavy atom. The number of nitrogens with one attached hydrogen (secondary N) is 1. The molecule has 21 heavy (non-hydrogen) atoms. The number of pyridine rings is 1. The molecule has 0 amide bonds. The molecule has 1 unspecified atom stereocenters. The highest BCUT2D eigenvalue weighted by atomic mass is 32.2. The maximum atomic E-state index is 5.28. The molecule has 0 saturated carbocycles. The molecule has 116 valence electrons. The maximum Gasteiger partial charge on any atom is 0.218 e. The summed E-state index contributed by atoms with van der Waals surface area (Å²) in [6.45, 7) is 5.03. The largest absolute Gasteiger partial charge is 0.481 e.